The molecule has 0 aromatic carbocycles. The predicted octanol–water partition coefficient (Wildman–Crippen LogP) is 2.53. The molecule has 3 atom stereocenters. The number of amides is 2. The van der Waals surface area contributed by atoms with Crippen LogP contribution in [0, 0.1) is 5.92 Å². The van der Waals surface area contributed by atoms with Crippen LogP contribution >= 0.6 is 0 Å². The van der Waals surface area contributed by atoms with Gasteiger partial charge >= 0.3 is 12.1 Å². The first-order valence-electron chi connectivity index (χ1n) is 12.7. The molecular formula is C24H43N3O6. The number of ether oxygens (including phenoxy) is 2. The summed E-state index contributed by atoms with van der Waals surface area (Å²) in [6, 6.07) is -1.20. The Hall–Kier alpha value is -1.87. The average molecular weight is 470 g/mol. The van der Waals surface area contributed by atoms with E-state index in [9.17, 15) is 19.5 Å². The molecule has 2 aliphatic rings. The van der Waals surface area contributed by atoms with Gasteiger partial charge in [-0.15, -0.1) is 0 Å². The molecule has 190 valence electrons. The minimum atomic E-state index is -1.14. The third kappa shape index (κ3) is 10.3. The topological polar surface area (TPSA) is 140 Å². The smallest absolute Gasteiger partial charge is 0.408 e. The number of nitrogens with one attached hydrogen (secondary N) is 2. The molecule has 9 nitrogen and oxygen atoms in total. The van der Waals surface area contributed by atoms with Crippen molar-refractivity contribution in [3.8, 4) is 0 Å². The van der Waals surface area contributed by atoms with Crippen LogP contribution in [-0.4, -0.2) is 61.0 Å². The number of methoxy groups -OCH3 is 1. The van der Waals surface area contributed by atoms with Gasteiger partial charge < -0.3 is 30.9 Å². The lowest BCUT2D eigenvalue weighted by atomic mass is 9.80. The maximum Gasteiger partial charge on any atom is 0.408 e. The molecule has 0 aliphatic heterocycles. The zero-order valence-electron chi connectivity index (χ0n) is 20.1. The van der Waals surface area contributed by atoms with Gasteiger partial charge in [-0.2, -0.15) is 0 Å². The number of aliphatic hydroxyl groups is 1. The third-order valence-corrected chi connectivity index (χ3v) is 6.83. The number of nitrogens with two attached hydrogens (primary N) is 1. The number of alkyl carbamates (subject to hydrolysis) is 1. The van der Waals surface area contributed by atoms with E-state index in [4.69, 9.17) is 15.2 Å². The first kappa shape index (κ1) is 27.4. The Bertz CT molecular complexity index is 607. The fourth-order valence-electron chi connectivity index (χ4n) is 4.48. The van der Waals surface area contributed by atoms with Gasteiger partial charge in [0.15, 0.2) is 0 Å². The van der Waals surface area contributed by atoms with Crippen molar-refractivity contribution in [2.24, 2.45) is 11.7 Å². The van der Waals surface area contributed by atoms with Crippen LogP contribution in [-0.2, 0) is 19.1 Å². The van der Waals surface area contributed by atoms with E-state index in [-0.39, 0.29) is 6.10 Å². The Labute approximate surface area is 197 Å². The van der Waals surface area contributed by atoms with Gasteiger partial charge in [0.1, 0.15) is 18.2 Å². The normalized spacial score (nSPS) is 19.2. The van der Waals surface area contributed by atoms with E-state index < -0.39 is 36.2 Å². The first-order chi connectivity index (χ1) is 15.9. The van der Waals surface area contributed by atoms with E-state index in [2.05, 4.69) is 10.6 Å². The number of aliphatic hydroxyl groups excluding tert-OH is 1. The maximum absolute atomic E-state index is 12.1. The van der Waals surface area contributed by atoms with Crippen molar-refractivity contribution >= 4 is 18.0 Å². The fourth-order valence-corrected chi connectivity index (χ4v) is 4.48. The number of hydrogen-bond donors (Lipinski definition) is 4. The largest absolute Gasteiger partial charge is 0.467 e. The summed E-state index contributed by atoms with van der Waals surface area (Å²) in [6.45, 7) is 0.505. The molecule has 2 amide bonds. The standard InChI is InChI=1S/C24H43N3O6/c1-32-23(30)20(27-24(31)33-18-12-6-7-13-18)14-5-3-2-4-8-15-26-22(29)21(28)19(25)16-17-10-9-11-17/h17-21,28H,2-16,25H2,1H3,(H,26,29)(H,27,31)/t19?,20-,21?/m0/s1. The van der Waals surface area contributed by atoms with Gasteiger partial charge in [-0.05, 0) is 50.9 Å². The molecule has 2 unspecified atom stereocenters. The Balaban J connectivity index is 1.52. The molecule has 0 bridgehead atoms. The molecule has 0 aromatic rings. The lowest BCUT2D eigenvalue weighted by Crippen LogP contribution is -2.47. The molecule has 2 saturated carbocycles. The monoisotopic (exact) mass is 469 g/mol. The molecule has 0 radical (unpaired) electrons. The second-order valence-corrected chi connectivity index (χ2v) is 9.52. The van der Waals surface area contributed by atoms with Gasteiger partial charge in [-0.1, -0.05) is 44.9 Å². The summed E-state index contributed by atoms with van der Waals surface area (Å²) in [5.74, 6) is -0.303. The number of rotatable bonds is 15. The molecule has 33 heavy (non-hydrogen) atoms. The summed E-state index contributed by atoms with van der Waals surface area (Å²) in [5.41, 5.74) is 5.96. The fraction of sp³-hybridized carbons (Fsp3) is 0.875. The van der Waals surface area contributed by atoms with Gasteiger partial charge in [0.05, 0.1) is 7.11 Å². The van der Waals surface area contributed by atoms with Crippen LogP contribution in [0.1, 0.15) is 89.9 Å². The van der Waals surface area contributed by atoms with Crippen LogP contribution < -0.4 is 16.4 Å². The van der Waals surface area contributed by atoms with Crippen LogP contribution in [0.4, 0.5) is 4.79 Å². The van der Waals surface area contributed by atoms with Crippen LogP contribution in [0.15, 0.2) is 0 Å². The van der Waals surface area contributed by atoms with Gasteiger partial charge in [0.25, 0.3) is 0 Å². The van der Waals surface area contributed by atoms with Crippen molar-refractivity contribution in [3.63, 3.8) is 0 Å². The Kier molecular flexibility index (Phi) is 12.5. The summed E-state index contributed by atoms with van der Waals surface area (Å²) >= 11 is 0. The van der Waals surface area contributed by atoms with Gasteiger partial charge in [-0.3, -0.25) is 4.79 Å². The molecule has 0 heterocycles. The van der Waals surface area contributed by atoms with Crippen molar-refractivity contribution in [1.29, 1.82) is 0 Å². The highest BCUT2D eigenvalue weighted by Gasteiger charge is 2.28. The highest BCUT2D eigenvalue weighted by atomic mass is 16.6. The molecule has 9 heteroatoms. The van der Waals surface area contributed by atoms with Gasteiger partial charge in [0, 0.05) is 12.6 Å². The van der Waals surface area contributed by atoms with E-state index in [0.717, 1.165) is 70.6 Å². The lowest BCUT2D eigenvalue weighted by molar-refractivity contribution is -0.143. The molecule has 2 rings (SSSR count). The zero-order valence-corrected chi connectivity index (χ0v) is 20.1. The highest BCUT2D eigenvalue weighted by Crippen LogP contribution is 2.30. The van der Waals surface area contributed by atoms with Crippen LogP contribution in [0.5, 0.6) is 0 Å². The zero-order chi connectivity index (χ0) is 24.1. The van der Waals surface area contributed by atoms with Crippen LogP contribution in [0.2, 0.25) is 0 Å². The first-order valence-corrected chi connectivity index (χ1v) is 12.7. The van der Waals surface area contributed by atoms with Crippen molar-refractivity contribution in [1.82, 2.24) is 10.6 Å². The van der Waals surface area contributed by atoms with E-state index in [1.807, 2.05) is 0 Å². The molecule has 0 aromatic heterocycles. The van der Waals surface area contributed by atoms with Gasteiger partial charge in [0.2, 0.25) is 5.91 Å². The minimum absolute atomic E-state index is 0.0524. The highest BCUT2D eigenvalue weighted by molar-refractivity contribution is 5.81. The van der Waals surface area contributed by atoms with Crippen molar-refractivity contribution in [3.05, 3.63) is 0 Å². The summed E-state index contributed by atoms with van der Waals surface area (Å²) in [6.07, 6.45) is 11.2. The lowest BCUT2D eigenvalue weighted by Gasteiger charge is -2.29. The summed E-state index contributed by atoms with van der Waals surface area (Å²) in [4.78, 5) is 36.1. The SMILES string of the molecule is COC(=O)[C@H](CCCCCCCNC(=O)C(O)C(N)CC1CCC1)NC(=O)OC1CCCC1. The summed E-state index contributed by atoms with van der Waals surface area (Å²) < 4.78 is 10.2. The Morgan fingerprint density at radius 3 is 2.30 bits per heavy atom. The number of esters is 1. The van der Waals surface area contributed by atoms with Crippen molar-refractivity contribution in [2.75, 3.05) is 13.7 Å². The van der Waals surface area contributed by atoms with Gasteiger partial charge in [-0.25, -0.2) is 9.59 Å². The van der Waals surface area contributed by atoms with E-state index in [1.165, 1.54) is 13.5 Å². The molecule has 5 N–H and O–H groups in total. The molecule has 0 saturated heterocycles. The molecule has 0 spiro atoms. The third-order valence-electron chi connectivity index (χ3n) is 6.83. The number of unbranched alkanes of at least 4 members (excludes halogenated alkanes) is 4. The minimum Gasteiger partial charge on any atom is -0.467 e. The molecule has 2 fully saturated rings. The molecule has 2 aliphatic carbocycles. The van der Waals surface area contributed by atoms with E-state index in [0.29, 0.717) is 25.3 Å². The summed E-state index contributed by atoms with van der Waals surface area (Å²) in [5, 5.41) is 15.5. The Morgan fingerprint density at radius 2 is 1.67 bits per heavy atom. The van der Waals surface area contributed by atoms with Crippen LogP contribution in [0.25, 0.3) is 0 Å². The quantitative estimate of drug-likeness (QED) is 0.213. The van der Waals surface area contributed by atoms with E-state index in [1.54, 1.807) is 0 Å². The average Bonchev–Trinajstić information content (AvgIpc) is 3.28. The second kappa shape index (κ2) is 15.1. The molecular weight excluding hydrogens is 426 g/mol. The van der Waals surface area contributed by atoms with Crippen molar-refractivity contribution < 1.29 is 29.0 Å². The Morgan fingerprint density at radius 1 is 1.00 bits per heavy atom. The maximum atomic E-state index is 12.1. The number of carbonyl (C=O) groups is 3. The number of carbonyl (C=O) groups excluding carboxylic acids is 3. The van der Waals surface area contributed by atoms with E-state index >= 15 is 0 Å². The summed E-state index contributed by atoms with van der Waals surface area (Å²) in [7, 11) is 1.31. The second-order valence-electron chi connectivity index (χ2n) is 9.52. The number of hydrogen-bond acceptors (Lipinski definition) is 7. The predicted molar refractivity (Wildman–Crippen MR) is 124 cm³/mol. The van der Waals surface area contributed by atoms with Crippen LogP contribution in [0.3, 0.4) is 0 Å². The van der Waals surface area contributed by atoms with Crippen molar-refractivity contribution in [2.45, 2.75) is 114 Å².